The highest BCUT2D eigenvalue weighted by atomic mass is 32.2. The van der Waals surface area contributed by atoms with Crippen LogP contribution in [0.3, 0.4) is 0 Å². The van der Waals surface area contributed by atoms with Gasteiger partial charge in [-0.1, -0.05) is 5.16 Å². The minimum absolute atomic E-state index is 0.377. The molecule has 1 rings (SSSR count). The SMILES string of the molecule is Cc1noc(C)c1CNCCNS(C)(=O)=O. The molecule has 0 saturated carbocycles. The van der Waals surface area contributed by atoms with Crippen LogP contribution in [0.2, 0.25) is 0 Å². The molecule has 0 unspecified atom stereocenters. The molecule has 7 heteroatoms. The fraction of sp³-hybridized carbons (Fsp3) is 0.667. The lowest BCUT2D eigenvalue weighted by molar-refractivity contribution is 0.392. The minimum atomic E-state index is -3.10. The van der Waals surface area contributed by atoms with Gasteiger partial charge in [0.25, 0.3) is 0 Å². The van der Waals surface area contributed by atoms with Crippen LogP contribution in [0.25, 0.3) is 0 Å². The zero-order chi connectivity index (χ0) is 12.2. The lowest BCUT2D eigenvalue weighted by atomic mass is 10.2. The van der Waals surface area contributed by atoms with E-state index in [2.05, 4.69) is 15.2 Å². The monoisotopic (exact) mass is 247 g/mol. The number of aryl methyl sites for hydroxylation is 2. The predicted molar refractivity (Wildman–Crippen MR) is 60.5 cm³/mol. The van der Waals surface area contributed by atoms with Crippen molar-refractivity contribution < 1.29 is 12.9 Å². The zero-order valence-electron chi connectivity index (χ0n) is 9.70. The maximum Gasteiger partial charge on any atom is 0.208 e. The highest BCUT2D eigenvalue weighted by Gasteiger charge is 2.07. The summed E-state index contributed by atoms with van der Waals surface area (Å²) < 4.78 is 28.9. The van der Waals surface area contributed by atoms with E-state index < -0.39 is 10.0 Å². The van der Waals surface area contributed by atoms with Crippen LogP contribution in [0, 0.1) is 13.8 Å². The van der Waals surface area contributed by atoms with Crippen LogP contribution in [0.5, 0.6) is 0 Å². The van der Waals surface area contributed by atoms with E-state index in [0.29, 0.717) is 19.6 Å². The Labute approximate surface area is 95.4 Å². The summed E-state index contributed by atoms with van der Waals surface area (Å²) >= 11 is 0. The molecule has 0 atom stereocenters. The average Bonchev–Trinajstić information content (AvgIpc) is 2.46. The second-order valence-electron chi connectivity index (χ2n) is 3.65. The first kappa shape index (κ1) is 13.1. The van der Waals surface area contributed by atoms with Gasteiger partial charge in [-0.25, -0.2) is 13.1 Å². The molecule has 0 saturated heterocycles. The van der Waals surface area contributed by atoms with Crippen molar-refractivity contribution in [3.63, 3.8) is 0 Å². The second kappa shape index (κ2) is 5.42. The fourth-order valence-corrected chi connectivity index (χ4v) is 1.77. The van der Waals surface area contributed by atoms with Crippen molar-refractivity contribution >= 4 is 10.0 Å². The first-order valence-electron chi connectivity index (χ1n) is 4.97. The highest BCUT2D eigenvalue weighted by molar-refractivity contribution is 7.88. The standard InChI is InChI=1S/C9H17N3O3S/c1-7-9(8(2)15-12-7)6-10-4-5-11-16(3,13)14/h10-11H,4-6H2,1-3H3. The van der Waals surface area contributed by atoms with E-state index in [1.807, 2.05) is 13.8 Å². The molecule has 0 aliphatic heterocycles. The number of nitrogens with one attached hydrogen (secondary N) is 2. The maximum absolute atomic E-state index is 10.8. The smallest absolute Gasteiger partial charge is 0.208 e. The summed E-state index contributed by atoms with van der Waals surface area (Å²) in [6, 6.07) is 0. The summed E-state index contributed by atoms with van der Waals surface area (Å²) in [6.07, 6.45) is 1.14. The first-order valence-corrected chi connectivity index (χ1v) is 6.86. The third-order valence-corrected chi connectivity index (χ3v) is 2.88. The summed E-state index contributed by atoms with van der Waals surface area (Å²) in [5.74, 6) is 0.793. The number of sulfonamides is 1. The van der Waals surface area contributed by atoms with Crippen molar-refractivity contribution in [3.05, 3.63) is 17.0 Å². The van der Waals surface area contributed by atoms with Gasteiger partial charge in [-0.05, 0) is 13.8 Å². The molecule has 0 aromatic carbocycles. The molecule has 1 aromatic heterocycles. The molecule has 0 radical (unpaired) electrons. The molecule has 92 valence electrons. The average molecular weight is 247 g/mol. The van der Waals surface area contributed by atoms with Crippen molar-refractivity contribution in [1.82, 2.24) is 15.2 Å². The normalized spacial score (nSPS) is 11.9. The number of aromatic nitrogens is 1. The summed E-state index contributed by atoms with van der Waals surface area (Å²) in [4.78, 5) is 0. The van der Waals surface area contributed by atoms with Crippen molar-refractivity contribution in [2.75, 3.05) is 19.3 Å². The van der Waals surface area contributed by atoms with Crippen molar-refractivity contribution in [2.24, 2.45) is 0 Å². The van der Waals surface area contributed by atoms with Crippen LogP contribution in [0.15, 0.2) is 4.52 Å². The molecule has 0 aliphatic carbocycles. The Morgan fingerprint density at radius 1 is 1.31 bits per heavy atom. The van der Waals surface area contributed by atoms with Crippen LogP contribution in [-0.4, -0.2) is 32.9 Å². The third kappa shape index (κ3) is 4.30. The lowest BCUT2D eigenvalue weighted by Crippen LogP contribution is -2.30. The van der Waals surface area contributed by atoms with Crippen LogP contribution < -0.4 is 10.0 Å². The number of hydrogen-bond acceptors (Lipinski definition) is 5. The molecular formula is C9H17N3O3S. The van der Waals surface area contributed by atoms with E-state index in [1.165, 1.54) is 0 Å². The summed E-state index contributed by atoms with van der Waals surface area (Å²) in [6.45, 7) is 5.31. The molecule has 16 heavy (non-hydrogen) atoms. The summed E-state index contributed by atoms with van der Waals surface area (Å²) in [7, 11) is -3.10. The van der Waals surface area contributed by atoms with Gasteiger partial charge in [-0.15, -0.1) is 0 Å². The van der Waals surface area contributed by atoms with E-state index in [-0.39, 0.29) is 0 Å². The lowest BCUT2D eigenvalue weighted by Gasteiger charge is -2.04. The topological polar surface area (TPSA) is 84.2 Å². The Morgan fingerprint density at radius 3 is 2.50 bits per heavy atom. The van der Waals surface area contributed by atoms with Gasteiger partial charge in [-0.3, -0.25) is 0 Å². The Kier molecular flexibility index (Phi) is 4.45. The van der Waals surface area contributed by atoms with Gasteiger partial charge in [0.1, 0.15) is 5.76 Å². The molecule has 0 fully saturated rings. The van der Waals surface area contributed by atoms with Gasteiger partial charge >= 0.3 is 0 Å². The minimum Gasteiger partial charge on any atom is -0.361 e. The third-order valence-electron chi connectivity index (χ3n) is 2.15. The van der Waals surface area contributed by atoms with Gasteiger partial charge in [0.05, 0.1) is 11.9 Å². The predicted octanol–water partition coefficient (Wildman–Crippen LogP) is -0.0698. The molecule has 0 aliphatic rings. The largest absolute Gasteiger partial charge is 0.361 e. The molecule has 0 spiro atoms. The number of nitrogens with zero attached hydrogens (tertiary/aromatic N) is 1. The van der Waals surface area contributed by atoms with Crippen LogP contribution in [0.1, 0.15) is 17.0 Å². The van der Waals surface area contributed by atoms with Gasteiger partial charge in [0.15, 0.2) is 0 Å². The van der Waals surface area contributed by atoms with Gasteiger partial charge in [0, 0.05) is 25.2 Å². The molecule has 6 nitrogen and oxygen atoms in total. The van der Waals surface area contributed by atoms with Crippen LogP contribution >= 0.6 is 0 Å². The molecular weight excluding hydrogens is 230 g/mol. The van der Waals surface area contributed by atoms with Crippen molar-refractivity contribution in [2.45, 2.75) is 20.4 Å². The van der Waals surface area contributed by atoms with E-state index in [0.717, 1.165) is 23.3 Å². The second-order valence-corrected chi connectivity index (χ2v) is 5.48. The van der Waals surface area contributed by atoms with Crippen molar-refractivity contribution in [1.29, 1.82) is 0 Å². The first-order chi connectivity index (χ1) is 7.40. The Hall–Kier alpha value is -0.920. The highest BCUT2D eigenvalue weighted by Crippen LogP contribution is 2.10. The molecule has 1 heterocycles. The van der Waals surface area contributed by atoms with E-state index in [1.54, 1.807) is 0 Å². The number of hydrogen-bond donors (Lipinski definition) is 2. The van der Waals surface area contributed by atoms with E-state index in [9.17, 15) is 8.42 Å². The summed E-state index contributed by atoms with van der Waals surface area (Å²) in [5.41, 5.74) is 1.89. The fourth-order valence-electron chi connectivity index (χ4n) is 1.29. The molecule has 2 N–H and O–H groups in total. The van der Waals surface area contributed by atoms with E-state index in [4.69, 9.17) is 4.52 Å². The summed E-state index contributed by atoms with van der Waals surface area (Å²) in [5, 5.41) is 6.94. The van der Waals surface area contributed by atoms with Gasteiger partial charge < -0.3 is 9.84 Å². The van der Waals surface area contributed by atoms with Gasteiger partial charge in [0.2, 0.25) is 10.0 Å². The van der Waals surface area contributed by atoms with Crippen molar-refractivity contribution in [3.8, 4) is 0 Å². The van der Waals surface area contributed by atoms with Crippen LogP contribution in [-0.2, 0) is 16.6 Å². The molecule has 1 aromatic rings. The van der Waals surface area contributed by atoms with Crippen LogP contribution in [0.4, 0.5) is 0 Å². The quantitative estimate of drug-likeness (QED) is 0.687. The zero-order valence-corrected chi connectivity index (χ0v) is 10.5. The van der Waals surface area contributed by atoms with Gasteiger partial charge in [-0.2, -0.15) is 0 Å². The Morgan fingerprint density at radius 2 is 2.00 bits per heavy atom. The number of rotatable bonds is 6. The van der Waals surface area contributed by atoms with E-state index >= 15 is 0 Å². The maximum atomic E-state index is 10.8. The molecule has 0 bridgehead atoms. The Bertz CT molecular complexity index is 419. The molecule has 0 amide bonds. The Balaban J connectivity index is 2.27.